The zero-order valence-electron chi connectivity index (χ0n) is 33.0. The number of carbonyl (C=O) groups is 6. The van der Waals surface area contributed by atoms with Gasteiger partial charge in [0.15, 0.2) is 10.3 Å². The molecule has 2 saturated heterocycles. The fourth-order valence-corrected chi connectivity index (χ4v) is 7.49. The molecule has 22 heteroatoms. The molecule has 0 aromatic heterocycles. The zero-order valence-corrected chi connectivity index (χ0v) is 34.6. The number of hydrazine groups is 2. The topological polar surface area (TPSA) is 230 Å². The van der Waals surface area contributed by atoms with Crippen LogP contribution in [0.5, 0.6) is 11.5 Å². The summed E-state index contributed by atoms with van der Waals surface area (Å²) >= 11 is 2.40. The lowest BCUT2D eigenvalue weighted by atomic mass is 10.2. The van der Waals surface area contributed by atoms with Gasteiger partial charge in [-0.2, -0.15) is 9.98 Å². The molecule has 61 heavy (non-hydrogen) atoms. The number of thioether (sulfide) groups is 2. The molecule has 4 heterocycles. The van der Waals surface area contributed by atoms with E-state index in [0.29, 0.717) is 37.7 Å². The molecule has 0 aliphatic carbocycles. The van der Waals surface area contributed by atoms with Gasteiger partial charge in [0.05, 0.1) is 16.9 Å². The predicted molar refractivity (Wildman–Crippen MR) is 223 cm³/mol. The second kappa shape index (κ2) is 23.2. The summed E-state index contributed by atoms with van der Waals surface area (Å²) in [4.78, 5) is 79.0. The highest BCUT2D eigenvalue weighted by atomic mass is 32.2. The van der Waals surface area contributed by atoms with Crippen LogP contribution in [0.25, 0.3) is 12.2 Å². The number of amides is 4. The second-order valence-corrected chi connectivity index (χ2v) is 15.3. The average Bonchev–Trinajstić information content (AvgIpc) is 3.81. The minimum absolute atomic E-state index is 0.0316. The zero-order chi connectivity index (χ0) is 43.7. The standard InChI is InChI=1S/C20H23FN4O5S.C19H21FN4O5S/c1-29-17(26)5-4-8-22-20(28)30-15-12-14(21)7-6-13(15)11-16-18(27)24-19(31-16)25-10-3-2-9-23-25;20-13-6-5-12(14(11-13)29-19(28)21-7-3-4-16(25)26)10-15-17(27)23-18(30-15)24-9-2-1-8-22-24/h6-7,11-12,23H,2-5,8-10H2,1H3,(H,22,28);5-6,10-11,22H,1-4,7-9H2,(H,21,28)(H,25,26)/b16-11+;15-10+. The van der Waals surface area contributed by atoms with E-state index < -0.39 is 41.6 Å². The molecule has 2 aromatic carbocycles. The number of rotatable bonds is 12. The van der Waals surface area contributed by atoms with Gasteiger partial charge in [0.25, 0.3) is 11.8 Å². The number of aliphatic imine (C=N–C) groups is 2. The van der Waals surface area contributed by atoms with Gasteiger partial charge in [-0.15, -0.1) is 0 Å². The molecule has 4 aliphatic rings. The smallest absolute Gasteiger partial charge is 0.412 e. The number of methoxy groups -OCH3 is 1. The Bertz CT molecular complexity index is 2110. The molecule has 4 aliphatic heterocycles. The first-order valence-electron chi connectivity index (χ1n) is 19.2. The average molecular weight is 887 g/mol. The summed E-state index contributed by atoms with van der Waals surface area (Å²) in [5.74, 6) is -3.46. The lowest BCUT2D eigenvalue weighted by Crippen LogP contribution is -2.45. The number of esters is 1. The lowest BCUT2D eigenvalue weighted by molar-refractivity contribution is -0.140. The van der Waals surface area contributed by atoms with Crippen molar-refractivity contribution >= 4 is 82.0 Å². The quantitative estimate of drug-likeness (QED) is 0.110. The number of hydrogen-bond donors (Lipinski definition) is 5. The van der Waals surface area contributed by atoms with E-state index in [1.807, 2.05) is 10.0 Å². The van der Waals surface area contributed by atoms with Gasteiger partial charge in [0.2, 0.25) is 0 Å². The van der Waals surface area contributed by atoms with Gasteiger partial charge in [-0.1, -0.05) is 0 Å². The Balaban J connectivity index is 0.000000231. The molecule has 5 N–H and O–H groups in total. The van der Waals surface area contributed by atoms with Crippen LogP contribution in [0, 0.1) is 11.6 Å². The Morgan fingerprint density at radius 3 is 1.62 bits per heavy atom. The molecule has 326 valence electrons. The molecule has 0 unspecified atom stereocenters. The van der Waals surface area contributed by atoms with Gasteiger partial charge in [0.1, 0.15) is 23.1 Å². The Hall–Kier alpha value is -5.84. The first-order chi connectivity index (χ1) is 29.4. The molecule has 18 nitrogen and oxygen atoms in total. The highest BCUT2D eigenvalue weighted by molar-refractivity contribution is 8.18. The first kappa shape index (κ1) is 46.2. The largest absolute Gasteiger partial charge is 0.481 e. The molecule has 0 bridgehead atoms. The summed E-state index contributed by atoms with van der Waals surface area (Å²) in [6.45, 7) is 3.42. The minimum atomic E-state index is -0.968. The van der Waals surface area contributed by atoms with Gasteiger partial charge in [-0.3, -0.25) is 29.2 Å². The maximum absolute atomic E-state index is 13.7. The van der Waals surface area contributed by atoms with Crippen molar-refractivity contribution in [2.75, 3.05) is 46.4 Å². The van der Waals surface area contributed by atoms with E-state index in [1.165, 1.54) is 67.1 Å². The van der Waals surface area contributed by atoms with E-state index in [1.54, 1.807) is 0 Å². The van der Waals surface area contributed by atoms with Crippen LogP contribution in [0.1, 0.15) is 62.5 Å². The van der Waals surface area contributed by atoms with E-state index in [4.69, 9.17) is 14.6 Å². The fourth-order valence-electron chi connectivity index (χ4n) is 5.67. The maximum Gasteiger partial charge on any atom is 0.412 e. The molecular weight excluding hydrogens is 843 g/mol. The van der Waals surface area contributed by atoms with Crippen LogP contribution in [0.15, 0.2) is 56.2 Å². The van der Waals surface area contributed by atoms with Crippen LogP contribution in [0.3, 0.4) is 0 Å². The van der Waals surface area contributed by atoms with Crippen molar-refractivity contribution in [3.05, 3.63) is 69.0 Å². The number of carboxylic acid groups (broad SMARTS) is 1. The summed E-state index contributed by atoms with van der Waals surface area (Å²) in [6.07, 6.45) is 6.17. The van der Waals surface area contributed by atoms with Crippen molar-refractivity contribution in [1.82, 2.24) is 31.5 Å². The molecule has 2 aromatic rings. The summed E-state index contributed by atoms with van der Waals surface area (Å²) in [7, 11) is 1.29. The highest BCUT2D eigenvalue weighted by Crippen LogP contribution is 2.34. The third kappa shape index (κ3) is 14.7. The molecule has 2 fully saturated rings. The third-order valence-electron chi connectivity index (χ3n) is 8.72. The summed E-state index contributed by atoms with van der Waals surface area (Å²) in [6, 6.07) is 7.35. The van der Waals surface area contributed by atoms with Crippen molar-refractivity contribution < 1.29 is 56.9 Å². The molecule has 0 radical (unpaired) electrons. The first-order valence-corrected chi connectivity index (χ1v) is 20.9. The van der Waals surface area contributed by atoms with Gasteiger partial charge < -0.3 is 30.0 Å². The Labute approximate surface area is 357 Å². The monoisotopic (exact) mass is 886 g/mol. The number of ether oxygens (including phenoxy) is 3. The Kier molecular flexibility index (Phi) is 17.6. The van der Waals surface area contributed by atoms with Crippen molar-refractivity contribution in [2.24, 2.45) is 9.98 Å². The summed E-state index contributed by atoms with van der Waals surface area (Å²) < 4.78 is 42.3. The van der Waals surface area contributed by atoms with Gasteiger partial charge in [-0.05, 0) is 98.5 Å². The second-order valence-electron chi connectivity index (χ2n) is 13.3. The van der Waals surface area contributed by atoms with E-state index in [9.17, 15) is 37.5 Å². The van der Waals surface area contributed by atoms with Gasteiger partial charge in [-0.25, -0.2) is 29.2 Å². The van der Waals surface area contributed by atoms with Crippen molar-refractivity contribution in [3.63, 3.8) is 0 Å². The van der Waals surface area contributed by atoms with Gasteiger partial charge >= 0.3 is 24.1 Å². The van der Waals surface area contributed by atoms with Crippen LogP contribution in [0.2, 0.25) is 0 Å². The predicted octanol–water partition coefficient (Wildman–Crippen LogP) is 4.79. The highest BCUT2D eigenvalue weighted by Gasteiger charge is 2.29. The maximum atomic E-state index is 13.7. The van der Waals surface area contributed by atoms with Gasteiger partial charge in [0, 0.05) is 75.4 Å². The normalized spacial score (nSPS) is 17.6. The molecule has 0 saturated carbocycles. The summed E-state index contributed by atoms with van der Waals surface area (Å²) in [5, 5.41) is 18.3. The number of nitrogens with one attached hydrogen (secondary N) is 4. The van der Waals surface area contributed by atoms with E-state index >= 15 is 0 Å². The van der Waals surface area contributed by atoms with Crippen molar-refractivity contribution in [2.45, 2.75) is 51.4 Å². The van der Waals surface area contributed by atoms with Crippen LogP contribution in [-0.4, -0.2) is 108 Å². The SMILES string of the molecule is COC(=O)CCCNC(=O)Oc1cc(F)ccc1/C=C1/SC(N2CCCCN2)=NC1=O.O=C(O)CCCNC(=O)Oc1cc(F)ccc1/C=C1/SC(N2CCCCN2)=NC1=O. The molecule has 0 spiro atoms. The van der Waals surface area contributed by atoms with Crippen LogP contribution in [-0.2, 0) is 23.9 Å². The van der Waals surface area contributed by atoms with Crippen LogP contribution >= 0.6 is 23.5 Å². The van der Waals surface area contributed by atoms with Crippen molar-refractivity contribution in [3.8, 4) is 11.5 Å². The number of carbonyl (C=O) groups excluding carboxylic acids is 5. The number of nitrogens with zero attached hydrogens (tertiary/aromatic N) is 4. The fraction of sp³-hybridized carbons (Fsp3) is 0.385. The van der Waals surface area contributed by atoms with E-state index in [0.717, 1.165) is 64.0 Å². The number of hydrogen-bond acceptors (Lipinski definition) is 15. The molecular formula is C39H44F2N8O10S2. The minimum Gasteiger partial charge on any atom is -0.481 e. The van der Waals surface area contributed by atoms with E-state index in [2.05, 4.69) is 36.2 Å². The van der Waals surface area contributed by atoms with Crippen LogP contribution < -0.4 is 31.0 Å². The molecule has 6 rings (SSSR count). The Morgan fingerprint density at radius 1 is 0.754 bits per heavy atom. The number of halogens is 2. The third-order valence-corrected chi connectivity index (χ3v) is 10.7. The number of amidine groups is 2. The van der Waals surface area contributed by atoms with Crippen molar-refractivity contribution in [1.29, 1.82) is 0 Å². The molecule has 4 amide bonds. The number of benzene rings is 2. The lowest BCUT2D eigenvalue weighted by Gasteiger charge is -2.28. The summed E-state index contributed by atoms with van der Waals surface area (Å²) in [5.41, 5.74) is 7.08. The van der Waals surface area contributed by atoms with Crippen LogP contribution in [0.4, 0.5) is 18.4 Å². The van der Waals surface area contributed by atoms with E-state index in [-0.39, 0.29) is 49.8 Å². The Morgan fingerprint density at radius 2 is 1.21 bits per heavy atom. The molecule has 0 atom stereocenters. The number of aliphatic carboxylic acids is 1. The number of carboxylic acids is 1.